The third-order valence-electron chi connectivity index (χ3n) is 2.26. The van der Waals surface area contributed by atoms with Crippen molar-refractivity contribution in [2.75, 3.05) is 5.32 Å². The molecule has 1 N–H and O–H groups in total. The van der Waals surface area contributed by atoms with Crippen LogP contribution in [0.25, 0.3) is 0 Å². The lowest BCUT2D eigenvalue weighted by molar-refractivity contribution is 0.102. The second kappa shape index (κ2) is 5.06. The van der Waals surface area contributed by atoms with E-state index in [1.807, 2.05) is 6.07 Å². The van der Waals surface area contributed by atoms with E-state index in [1.165, 1.54) is 12.3 Å². The molecule has 5 heteroatoms. The SMILES string of the molecule is Cc1nccc(C(=O)Nc2cccc(C#N)c2)n1. The lowest BCUT2D eigenvalue weighted by Crippen LogP contribution is -2.14. The van der Waals surface area contributed by atoms with Crippen LogP contribution in [0, 0.1) is 18.3 Å². The minimum Gasteiger partial charge on any atom is -0.321 e. The molecule has 1 amide bonds. The van der Waals surface area contributed by atoms with Crippen molar-refractivity contribution in [1.82, 2.24) is 9.97 Å². The average Bonchev–Trinajstić information content (AvgIpc) is 2.39. The minimum absolute atomic E-state index is 0.296. The van der Waals surface area contributed by atoms with E-state index in [0.29, 0.717) is 22.8 Å². The summed E-state index contributed by atoms with van der Waals surface area (Å²) in [5.74, 6) is 0.212. The van der Waals surface area contributed by atoms with Crippen LogP contribution in [-0.4, -0.2) is 15.9 Å². The summed E-state index contributed by atoms with van der Waals surface area (Å²) in [4.78, 5) is 19.8. The molecule has 18 heavy (non-hydrogen) atoms. The predicted octanol–water partition coefficient (Wildman–Crippen LogP) is 1.91. The molecule has 0 bridgehead atoms. The number of nitrogens with one attached hydrogen (secondary N) is 1. The Labute approximate surface area is 104 Å². The van der Waals surface area contributed by atoms with Crippen molar-refractivity contribution in [2.45, 2.75) is 6.92 Å². The van der Waals surface area contributed by atoms with Gasteiger partial charge < -0.3 is 5.32 Å². The molecule has 0 fully saturated rings. The van der Waals surface area contributed by atoms with Gasteiger partial charge in [-0.3, -0.25) is 4.79 Å². The van der Waals surface area contributed by atoms with Crippen molar-refractivity contribution >= 4 is 11.6 Å². The first-order chi connectivity index (χ1) is 8.69. The van der Waals surface area contributed by atoms with E-state index >= 15 is 0 Å². The summed E-state index contributed by atoms with van der Waals surface area (Å²) in [6.07, 6.45) is 1.53. The Morgan fingerprint density at radius 3 is 2.94 bits per heavy atom. The largest absolute Gasteiger partial charge is 0.321 e. The van der Waals surface area contributed by atoms with Crippen LogP contribution < -0.4 is 5.32 Å². The number of amides is 1. The number of anilines is 1. The molecular formula is C13H10N4O. The summed E-state index contributed by atoms with van der Waals surface area (Å²) in [5, 5.41) is 11.4. The number of rotatable bonds is 2. The molecule has 0 saturated heterocycles. The van der Waals surface area contributed by atoms with Gasteiger partial charge in [-0.2, -0.15) is 5.26 Å². The Hall–Kier alpha value is -2.74. The summed E-state index contributed by atoms with van der Waals surface area (Å²) in [7, 11) is 0. The second-order valence-electron chi connectivity index (χ2n) is 3.64. The highest BCUT2D eigenvalue weighted by molar-refractivity contribution is 6.02. The fourth-order valence-electron chi connectivity index (χ4n) is 1.44. The zero-order valence-electron chi connectivity index (χ0n) is 9.71. The maximum absolute atomic E-state index is 11.9. The van der Waals surface area contributed by atoms with Gasteiger partial charge in [-0.1, -0.05) is 6.07 Å². The summed E-state index contributed by atoms with van der Waals surface area (Å²) >= 11 is 0. The van der Waals surface area contributed by atoms with E-state index in [4.69, 9.17) is 5.26 Å². The van der Waals surface area contributed by atoms with Gasteiger partial charge in [0.1, 0.15) is 11.5 Å². The molecule has 5 nitrogen and oxygen atoms in total. The van der Waals surface area contributed by atoms with Crippen molar-refractivity contribution < 1.29 is 4.79 Å². The Kier molecular flexibility index (Phi) is 3.30. The lowest BCUT2D eigenvalue weighted by atomic mass is 10.2. The maximum atomic E-state index is 11.9. The Morgan fingerprint density at radius 2 is 2.22 bits per heavy atom. The van der Waals surface area contributed by atoms with Crippen molar-refractivity contribution in [3.05, 3.63) is 53.6 Å². The molecule has 1 heterocycles. The fraction of sp³-hybridized carbons (Fsp3) is 0.0769. The predicted molar refractivity (Wildman–Crippen MR) is 65.9 cm³/mol. The van der Waals surface area contributed by atoms with E-state index in [1.54, 1.807) is 31.2 Å². The Bertz CT molecular complexity index is 631. The Balaban J connectivity index is 2.19. The first-order valence-electron chi connectivity index (χ1n) is 5.30. The van der Waals surface area contributed by atoms with E-state index < -0.39 is 0 Å². The van der Waals surface area contributed by atoms with Gasteiger partial charge in [0.15, 0.2) is 0 Å². The number of carbonyl (C=O) groups excluding carboxylic acids is 1. The molecule has 0 unspecified atom stereocenters. The molecule has 0 aliphatic rings. The van der Waals surface area contributed by atoms with Crippen molar-refractivity contribution in [3.8, 4) is 6.07 Å². The fourth-order valence-corrected chi connectivity index (χ4v) is 1.44. The van der Waals surface area contributed by atoms with Crippen LogP contribution in [0.4, 0.5) is 5.69 Å². The molecule has 0 radical (unpaired) electrons. The summed E-state index contributed by atoms with van der Waals surface area (Å²) < 4.78 is 0. The number of nitriles is 1. The van der Waals surface area contributed by atoms with Crippen LogP contribution >= 0.6 is 0 Å². The van der Waals surface area contributed by atoms with Gasteiger partial charge in [0.25, 0.3) is 5.91 Å². The van der Waals surface area contributed by atoms with Crippen molar-refractivity contribution in [2.24, 2.45) is 0 Å². The summed E-state index contributed by atoms with van der Waals surface area (Å²) in [6.45, 7) is 1.72. The van der Waals surface area contributed by atoms with Gasteiger partial charge in [-0.05, 0) is 31.2 Å². The van der Waals surface area contributed by atoms with Crippen LogP contribution in [0.5, 0.6) is 0 Å². The monoisotopic (exact) mass is 238 g/mol. The Morgan fingerprint density at radius 1 is 1.39 bits per heavy atom. The third kappa shape index (κ3) is 2.68. The highest BCUT2D eigenvalue weighted by Crippen LogP contribution is 2.10. The number of aryl methyl sites for hydroxylation is 1. The first-order valence-corrected chi connectivity index (χ1v) is 5.30. The van der Waals surface area contributed by atoms with Crippen LogP contribution in [0.1, 0.15) is 21.9 Å². The van der Waals surface area contributed by atoms with Gasteiger partial charge in [-0.15, -0.1) is 0 Å². The van der Waals surface area contributed by atoms with Gasteiger partial charge in [0, 0.05) is 11.9 Å². The van der Waals surface area contributed by atoms with Gasteiger partial charge in [0.05, 0.1) is 11.6 Å². The van der Waals surface area contributed by atoms with Crippen LogP contribution in [0.3, 0.4) is 0 Å². The summed E-state index contributed by atoms with van der Waals surface area (Å²) in [5.41, 5.74) is 1.35. The van der Waals surface area contributed by atoms with Crippen molar-refractivity contribution in [1.29, 1.82) is 5.26 Å². The first kappa shape index (κ1) is 11.7. The third-order valence-corrected chi connectivity index (χ3v) is 2.26. The minimum atomic E-state index is -0.324. The normalized spacial score (nSPS) is 9.56. The highest BCUT2D eigenvalue weighted by atomic mass is 16.1. The number of hydrogen-bond donors (Lipinski definition) is 1. The number of aromatic nitrogens is 2. The molecule has 2 aromatic rings. The quantitative estimate of drug-likeness (QED) is 0.866. The molecule has 0 aliphatic heterocycles. The number of hydrogen-bond acceptors (Lipinski definition) is 4. The zero-order chi connectivity index (χ0) is 13.0. The molecule has 1 aromatic carbocycles. The second-order valence-corrected chi connectivity index (χ2v) is 3.64. The smallest absolute Gasteiger partial charge is 0.274 e. The number of nitrogens with zero attached hydrogens (tertiary/aromatic N) is 3. The van der Waals surface area contributed by atoms with E-state index in [-0.39, 0.29) is 5.91 Å². The summed E-state index contributed by atoms with van der Waals surface area (Å²) in [6, 6.07) is 10.2. The molecule has 2 rings (SSSR count). The number of carbonyl (C=O) groups is 1. The van der Waals surface area contributed by atoms with Crippen LogP contribution in [0.2, 0.25) is 0 Å². The zero-order valence-corrected chi connectivity index (χ0v) is 9.71. The topological polar surface area (TPSA) is 78.7 Å². The molecule has 88 valence electrons. The van der Waals surface area contributed by atoms with E-state index in [2.05, 4.69) is 15.3 Å². The lowest BCUT2D eigenvalue weighted by Gasteiger charge is -2.04. The molecule has 0 saturated carbocycles. The molecule has 0 atom stereocenters. The van der Waals surface area contributed by atoms with Gasteiger partial charge in [0.2, 0.25) is 0 Å². The molecular weight excluding hydrogens is 228 g/mol. The average molecular weight is 238 g/mol. The van der Waals surface area contributed by atoms with E-state index in [0.717, 1.165) is 0 Å². The van der Waals surface area contributed by atoms with Crippen molar-refractivity contribution in [3.63, 3.8) is 0 Å². The highest BCUT2D eigenvalue weighted by Gasteiger charge is 2.08. The van der Waals surface area contributed by atoms with Gasteiger partial charge >= 0.3 is 0 Å². The molecule has 0 aliphatic carbocycles. The van der Waals surface area contributed by atoms with Crippen LogP contribution in [0.15, 0.2) is 36.5 Å². The van der Waals surface area contributed by atoms with Gasteiger partial charge in [-0.25, -0.2) is 9.97 Å². The molecule has 0 spiro atoms. The maximum Gasteiger partial charge on any atom is 0.274 e. The van der Waals surface area contributed by atoms with Crippen LogP contribution in [-0.2, 0) is 0 Å². The standard InChI is InChI=1S/C13H10N4O/c1-9-15-6-5-12(16-9)13(18)17-11-4-2-3-10(7-11)8-14/h2-7H,1H3,(H,17,18). The van der Waals surface area contributed by atoms with E-state index in [9.17, 15) is 4.79 Å². The molecule has 1 aromatic heterocycles. The number of benzene rings is 1.